The van der Waals surface area contributed by atoms with Gasteiger partial charge in [0, 0.05) is 18.2 Å². The lowest BCUT2D eigenvalue weighted by molar-refractivity contribution is 0.414. The second-order valence-electron chi connectivity index (χ2n) is 3.65. The van der Waals surface area contributed by atoms with Crippen LogP contribution in [0.25, 0.3) is 0 Å². The van der Waals surface area contributed by atoms with Crippen LogP contribution >= 0.6 is 0 Å². The minimum absolute atomic E-state index is 0.362. The minimum atomic E-state index is -0.430. The Balaban J connectivity index is 2.22. The van der Waals surface area contributed by atoms with Crippen LogP contribution in [0.15, 0.2) is 35.3 Å². The van der Waals surface area contributed by atoms with Gasteiger partial charge in [-0.15, -0.1) is 0 Å². The highest BCUT2D eigenvalue weighted by atomic mass is 16.5. The Hall–Kier alpha value is -2.30. The Morgan fingerprint density at radius 2 is 2.06 bits per heavy atom. The lowest BCUT2D eigenvalue weighted by Gasteiger charge is -2.05. The first-order valence-corrected chi connectivity index (χ1v) is 5.15. The molecule has 88 valence electrons. The first-order chi connectivity index (χ1) is 8.19. The monoisotopic (exact) mass is 231 g/mol. The molecule has 0 aliphatic heterocycles. The smallest absolute Gasteiger partial charge is 0.346 e. The number of H-pyrrole nitrogens is 1. The highest BCUT2D eigenvalue weighted by Gasteiger charge is 2.02. The number of hydrogen-bond donors (Lipinski definition) is 2. The molecule has 0 atom stereocenters. The van der Waals surface area contributed by atoms with E-state index in [1.165, 1.54) is 6.20 Å². The van der Waals surface area contributed by atoms with Crippen LogP contribution in [0.1, 0.15) is 11.1 Å². The molecule has 1 aromatic heterocycles. The van der Waals surface area contributed by atoms with E-state index in [4.69, 9.17) is 10.5 Å². The number of nitrogen functional groups attached to an aromatic ring is 1. The number of aromatic amines is 1. The fraction of sp³-hybridized carbons (Fsp3) is 0.167. The molecule has 0 saturated heterocycles. The largest absolute Gasteiger partial charge is 0.497 e. The van der Waals surface area contributed by atoms with Crippen molar-refractivity contribution in [1.29, 1.82) is 0 Å². The van der Waals surface area contributed by atoms with Crippen LogP contribution in [0.5, 0.6) is 5.75 Å². The Bertz CT molecular complexity index is 561. The molecule has 2 aromatic rings. The van der Waals surface area contributed by atoms with Crippen LogP contribution in [0.3, 0.4) is 0 Å². The molecule has 1 aromatic carbocycles. The molecule has 2 rings (SSSR count). The minimum Gasteiger partial charge on any atom is -0.497 e. The number of methoxy groups -OCH3 is 1. The molecule has 17 heavy (non-hydrogen) atoms. The zero-order valence-electron chi connectivity index (χ0n) is 9.43. The maximum atomic E-state index is 10.9. The van der Waals surface area contributed by atoms with Crippen molar-refractivity contribution in [3.05, 3.63) is 52.1 Å². The van der Waals surface area contributed by atoms with Crippen LogP contribution in [0.2, 0.25) is 0 Å². The molecule has 3 N–H and O–H groups in total. The van der Waals surface area contributed by atoms with Gasteiger partial charge in [0.15, 0.2) is 0 Å². The van der Waals surface area contributed by atoms with Crippen LogP contribution in [0.4, 0.5) is 5.82 Å². The first-order valence-electron chi connectivity index (χ1n) is 5.15. The predicted molar refractivity (Wildman–Crippen MR) is 65.1 cm³/mol. The topological polar surface area (TPSA) is 81.0 Å². The highest BCUT2D eigenvalue weighted by Crippen LogP contribution is 2.15. The Morgan fingerprint density at radius 3 is 2.65 bits per heavy atom. The molecule has 0 bridgehead atoms. The van der Waals surface area contributed by atoms with E-state index in [2.05, 4.69) is 9.97 Å². The standard InChI is InChI=1S/C12H13N3O2/c1-17-10-4-2-8(3-5-10)6-9-7-14-12(16)15-11(9)13/h2-5,7H,6H2,1H3,(H3,13,14,15,16). The van der Waals surface area contributed by atoms with E-state index in [9.17, 15) is 4.79 Å². The van der Waals surface area contributed by atoms with Crippen molar-refractivity contribution >= 4 is 5.82 Å². The lowest BCUT2D eigenvalue weighted by Crippen LogP contribution is -2.14. The molecular formula is C12H13N3O2. The summed E-state index contributed by atoms with van der Waals surface area (Å²) in [6.07, 6.45) is 2.12. The van der Waals surface area contributed by atoms with E-state index in [1.54, 1.807) is 7.11 Å². The fourth-order valence-corrected chi connectivity index (χ4v) is 1.54. The lowest BCUT2D eigenvalue weighted by atomic mass is 10.1. The van der Waals surface area contributed by atoms with Gasteiger partial charge in [0.05, 0.1) is 7.11 Å². The summed E-state index contributed by atoms with van der Waals surface area (Å²) in [6, 6.07) is 7.65. The molecule has 5 nitrogen and oxygen atoms in total. The first kappa shape index (κ1) is 11.2. The predicted octanol–water partition coefficient (Wildman–Crippen LogP) is 0.951. The molecule has 0 amide bonds. The number of anilines is 1. The number of aromatic nitrogens is 2. The second-order valence-corrected chi connectivity index (χ2v) is 3.65. The summed E-state index contributed by atoms with van der Waals surface area (Å²) in [4.78, 5) is 17.0. The van der Waals surface area contributed by atoms with Crippen LogP contribution in [-0.2, 0) is 6.42 Å². The van der Waals surface area contributed by atoms with Crippen molar-refractivity contribution in [2.45, 2.75) is 6.42 Å². The number of nitrogens with two attached hydrogens (primary N) is 1. The van der Waals surface area contributed by atoms with E-state index in [-0.39, 0.29) is 0 Å². The zero-order chi connectivity index (χ0) is 12.3. The number of ether oxygens (including phenoxy) is 1. The summed E-state index contributed by atoms with van der Waals surface area (Å²) in [6.45, 7) is 0. The molecule has 0 radical (unpaired) electrons. The third-order valence-corrected chi connectivity index (χ3v) is 2.48. The van der Waals surface area contributed by atoms with E-state index in [0.29, 0.717) is 12.2 Å². The van der Waals surface area contributed by atoms with Gasteiger partial charge in [-0.05, 0) is 17.7 Å². The van der Waals surface area contributed by atoms with E-state index in [1.807, 2.05) is 24.3 Å². The maximum Gasteiger partial charge on any atom is 0.346 e. The molecule has 0 saturated carbocycles. The summed E-state index contributed by atoms with van der Waals surface area (Å²) >= 11 is 0. The third-order valence-electron chi connectivity index (χ3n) is 2.48. The summed E-state index contributed by atoms with van der Waals surface area (Å²) in [5, 5.41) is 0. The van der Waals surface area contributed by atoms with Crippen molar-refractivity contribution in [2.75, 3.05) is 12.8 Å². The van der Waals surface area contributed by atoms with Crippen molar-refractivity contribution in [3.8, 4) is 5.75 Å². The van der Waals surface area contributed by atoms with Gasteiger partial charge in [0.25, 0.3) is 0 Å². The third kappa shape index (κ3) is 2.63. The van der Waals surface area contributed by atoms with Gasteiger partial charge >= 0.3 is 5.69 Å². The van der Waals surface area contributed by atoms with Gasteiger partial charge in [0.1, 0.15) is 11.6 Å². The summed E-state index contributed by atoms with van der Waals surface area (Å²) < 4.78 is 5.07. The average molecular weight is 231 g/mol. The number of nitrogens with zero attached hydrogens (tertiary/aromatic N) is 1. The summed E-state index contributed by atoms with van der Waals surface area (Å²) in [7, 11) is 1.62. The summed E-state index contributed by atoms with van der Waals surface area (Å²) in [5.41, 5.74) is 7.15. The molecule has 0 aliphatic carbocycles. The van der Waals surface area contributed by atoms with Gasteiger partial charge in [-0.2, -0.15) is 0 Å². The number of nitrogens with one attached hydrogen (secondary N) is 1. The van der Waals surface area contributed by atoms with Crippen molar-refractivity contribution in [3.63, 3.8) is 0 Å². The zero-order valence-corrected chi connectivity index (χ0v) is 9.43. The van der Waals surface area contributed by atoms with Crippen LogP contribution in [0, 0.1) is 0 Å². The van der Waals surface area contributed by atoms with Crippen molar-refractivity contribution in [1.82, 2.24) is 9.97 Å². The average Bonchev–Trinajstić information content (AvgIpc) is 2.34. The molecule has 0 spiro atoms. The Morgan fingerprint density at radius 1 is 1.35 bits per heavy atom. The van der Waals surface area contributed by atoms with E-state index >= 15 is 0 Å². The molecule has 1 heterocycles. The number of benzene rings is 1. The number of rotatable bonds is 3. The van der Waals surface area contributed by atoms with Crippen molar-refractivity contribution < 1.29 is 4.74 Å². The molecule has 0 fully saturated rings. The Labute approximate surface area is 98.3 Å². The quantitative estimate of drug-likeness (QED) is 0.824. The van der Waals surface area contributed by atoms with Crippen LogP contribution in [-0.4, -0.2) is 17.1 Å². The maximum absolute atomic E-state index is 10.9. The summed E-state index contributed by atoms with van der Waals surface area (Å²) in [5.74, 6) is 1.17. The van der Waals surface area contributed by atoms with Gasteiger partial charge in [0.2, 0.25) is 0 Å². The van der Waals surface area contributed by atoms with Crippen LogP contribution < -0.4 is 16.2 Å². The van der Waals surface area contributed by atoms with Gasteiger partial charge < -0.3 is 10.5 Å². The van der Waals surface area contributed by atoms with Gasteiger partial charge in [-0.25, -0.2) is 9.78 Å². The van der Waals surface area contributed by atoms with E-state index < -0.39 is 5.69 Å². The van der Waals surface area contributed by atoms with Crippen molar-refractivity contribution in [2.24, 2.45) is 0 Å². The SMILES string of the molecule is COc1ccc(Cc2cnc(=O)[nH]c2N)cc1. The number of hydrogen-bond acceptors (Lipinski definition) is 4. The van der Waals surface area contributed by atoms with Gasteiger partial charge in [-0.3, -0.25) is 4.98 Å². The highest BCUT2D eigenvalue weighted by molar-refractivity contribution is 5.41. The normalized spacial score (nSPS) is 10.2. The van der Waals surface area contributed by atoms with Gasteiger partial charge in [-0.1, -0.05) is 12.1 Å². The fourth-order valence-electron chi connectivity index (χ4n) is 1.54. The molecule has 5 heteroatoms. The second kappa shape index (κ2) is 4.69. The van der Waals surface area contributed by atoms with E-state index in [0.717, 1.165) is 16.9 Å². The molecule has 0 aliphatic rings. The Kier molecular flexibility index (Phi) is 3.09. The molecule has 0 unspecified atom stereocenters. The molecular weight excluding hydrogens is 218 g/mol.